The van der Waals surface area contributed by atoms with Crippen molar-refractivity contribution >= 4 is 17.7 Å². The van der Waals surface area contributed by atoms with Crippen molar-refractivity contribution in [2.45, 2.75) is 50.9 Å². The van der Waals surface area contributed by atoms with Crippen LogP contribution >= 0.6 is 0 Å². The number of aromatic nitrogens is 2. The zero-order valence-corrected chi connectivity index (χ0v) is 23.2. The average Bonchev–Trinajstić information content (AvgIpc) is 3.38. The van der Waals surface area contributed by atoms with Crippen molar-refractivity contribution in [2.24, 2.45) is 5.41 Å². The Balaban J connectivity index is 1.29. The molecule has 3 heterocycles. The molecule has 5 rings (SSSR count). The molecule has 3 aromatic rings. The molecular weight excluding hydrogens is 551 g/mol. The number of hydrogen-bond donors (Lipinski definition) is 3. The zero-order valence-electron chi connectivity index (χ0n) is 23.2. The van der Waals surface area contributed by atoms with E-state index in [1.165, 1.54) is 18.2 Å². The van der Waals surface area contributed by atoms with E-state index in [1.54, 1.807) is 12.1 Å². The van der Waals surface area contributed by atoms with E-state index in [4.69, 9.17) is 15.2 Å². The van der Waals surface area contributed by atoms with Gasteiger partial charge in [-0.25, -0.2) is 0 Å². The Morgan fingerprint density at radius 1 is 1.12 bits per heavy atom. The molecule has 2 saturated heterocycles. The lowest BCUT2D eigenvalue weighted by atomic mass is 9.76. The Bertz CT molecular complexity index is 1380. The molecule has 0 amide bonds. The fourth-order valence-electron chi connectivity index (χ4n) is 5.59. The van der Waals surface area contributed by atoms with Crippen LogP contribution in [0.1, 0.15) is 44.3 Å². The average molecular weight is 586 g/mol. The first-order chi connectivity index (χ1) is 20.0. The lowest BCUT2D eigenvalue weighted by Crippen LogP contribution is -2.41. The first kappa shape index (κ1) is 29.4. The third kappa shape index (κ3) is 6.70. The van der Waals surface area contributed by atoms with Gasteiger partial charge in [-0.15, -0.1) is 0 Å². The smallest absolute Gasteiger partial charge is 0.429 e. The van der Waals surface area contributed by atoms with Gasteiger partial charge in [-0.2, -0.15) is 23.1 Å². The summed E-state index contributed by atoms with van der Waals surface area (Å²) in [6, 6.07) is 14.2. The van der Waals surface area contributed by atoms with Crippen LogP contribution in [0.5, 0.6) is 11.6 Å². The van der Waals surface area contributed by atoms with Gasteiger partial charge in [0.2, 0.25) is 17.9 Å². The van der Waals surface area contributed by atoms with E-state index in [0.717, 1.165) is 36.1 Å². The van der Waals surface area contributed by atoms with Gasteiger partial charge >= 0.3 is 12.1 Å². The summed E-state index contributed by atoms with van der Waals surface area (Å²) < 4.78 is 53.6. The van der Waals surface area contributed by atoms with Crippen molar-refractivity contribution < 1.29 is 32.5 Å². The molecule has 2 fully saturated rings. The van der Waals surface area contributed by atoms with E-state index in [1.807, 2.05) is 36.1 Å². The summed E-state index contributed by atoms with van der Waals surface area (Å²) in [5, 5.41) is 12.4. The van der Waals surface area contributed by atoms with Crippen LogP contribution in [-0.2, 0) is 4.79 Å². The van der Waals surface area contributed by atoms with Crippen LogP contribution in [0, 0.1) is 5.41 Å². The van der Waals surface area contributed by atoms with Crippen molar-refractivity contribution in [3.63, 3.8) is 0 Å². The number of benzene rings is 2. The standard InChI is InChI=1S/C30H34F3N5O4/c1-2-15-41-22-9-7-20(8-10-22)19-3-5-21(6-4-19)26(30(31,32)33)42-25-16-24(36-28(34)37-25)38-13-11-29(12-14-38)17-23(27(39)40)35-18-29/h3-10,16,23,26,35H,2,11-15,17-18H2,1H3,(H,39,40)(H2,34,36,37)/t23-,26?/m0/s1. The number of aliphatic carboxylic acids is 1. The summed E-state index contributed by atoms with van der Waals surface area (Å²) >= 11 is 0. The van der Waals surface area contributed by atoms with Gasteiger partial charge in [-0.05, 0) is 54.4 Å². The molecule has 0 radical (unpaired) electrons. The van der Waals surface area contributed by atoms with Gasteiger partial charge < -0.3 is 30.5 Å². The lowest BCUT2D eigenvalue weighted by molar-refractivity contribution is -0.198. The molecule has 2 aliphatic heterocycles. The maximum absolute atomic E-state index is 14.2. The summed E-state index contributed by atoms with van der Waals surface area (Å²) in [6.45, 7) is 4.35. The van der Waals surface area contributed by atoms with E-state index < -0.39 is 24.3 Å². The number of nitrogens with one attached hydrogen (secondary N) is 1. The molecule has 2 aromatic carbocycles. The number of rotatable bonds is 9. The van der Waals surface area contributed by atoms with Crippen LogP contribution in [0.4, 0.5) is 24.9 Å². The molecule has 2 aliphatic rings. The molecular formula is C30H34F3N5O4. The first-order valence-electron chi connectivity index (χ1n) is 14.0. The quantitative estimate of drug-likeness (QED) is 0.310. The molecule has 1 unspecified atom stereocenters. The van der Waals surface area contributed by atoms with Crippen molar-refractivity contribution in [3.8, 4) is 22.8 Å². The predicted molar refractivity (Wildman–Crippen MR) is 151 cm³/mol. The maximum atomic E-state index is 14.2. The second kappa shape index (κ2) is 12.0. The number of nitrogen functional groups attached to an aromatic ring is 1. The minimum atomic E-state index is -4.71. The summed E-state index contributed by atoms with van der Waals surface area (Å²) in [6.07, 6.45) is -4.11. The Labute approximate surface area is 241 Å². The van der Waals surface area contributed by atoms with Gasteiger partial charge in [0.25, 0.3) is 0 Å². The lowest BCUT2D eigenvalue weighted by Gasteiger charge is -2.39. The number of nitrogens with zero attached hydrogens (tertiary/aromatic N) is 3. The van der Waals surface area contributed by atoms with Crippen LogP contribution in [0.2, 0.25) is 0 Å². The number of anilines is 2. The maximum Gasteiger partial charge on any atom is 0.429 e. The van der Waals surface area contributed by atoms with Crippen LogP contribution in [-0.4, -0.2) is 59.5 Å². The summed E-state index contributed by atoms with van der Waals surface area (Å²) in [7, 11) is 0. The number of nitrogens with two attached hydrogens (primary N) is 1. The van der Waals surface area contributed by atoms with Crippen molar-refractivity contribution in [3.05, 3.63) is 60.2 Å². The third-order valence-electron chi connectivity index (χ3n) is 7.92. The summed E-state index contributed by atoms with van der Waals surface area (Å²) in [5.74, 6) is -0.229. The monoisotopic (exact) mass is 585 g/mol. The van der Waals surface area contributed by atoms with Crippen molar-refractivity contribution in [1.29, 1.82) is 0 Å². The van der Waals surface area contributed by atoms with E-state index in [0.29, 0.717) is 38.5 Å². The highest BCUT2D eigenvalue weighted by Gasteiger charge is 2.45. The van der Waals surface area contributed by atoms with Crippen molar-refractivity contribution in [1.82, 2.24) is 15.3 Å². The summed E-state index contributed by atoms with van der Waals surface area (Å²) in [5.41, 5.74) is 7.28. The molecule has 224 valence electrons. The molecule has 4 N–H and O–H groups in total. The van der Waals surface area contributed by atoms with Gasteiger partial charge in [-0.1, -0.05) is 43.3 Å². The van der Waals surface area contributed by atoms with Gasteiger partial charge in [0.1, 0.15) is 17.6 Å². The Hall–Kier alpha value is -4.06. The van der Waals surface area contributed by atoms with E-state index in [2.05, 4.69) is 15.3 Å². The fraction of sp³-hybridized carbons (Fsp3) is 0.433. The molecule has 0 aliphatic carbocycles. The largest absolute Gasteiger partial charge is 0.494 e. The minimum absolute atomic E-state index is 0.0745. The zero-order chi connectivity index (χ0) is 29.9. The highest BCUT2D eigenvalue weighted by Crippen LogP contribution is 2.41. The number of carboxylic acid groups (broad SMARTS) is 1. The number of piperidine rings is 1. The predicted octanol–water partition coefficient (Wildman–Crippen LogP) is 5.23. The van der Waals surface area contributed by atoms with Crippen molar-refractivity contribution in [2.75, 3.05) is 36.9 Å². The van der Waals surface area contributed by atoms with Crippen LogP contribution in [0.25, 0.3) is 11.1 Å². The first-order valence-corrected chi connectivity index (χ1v) is 14.0. The number of carboxylic acids is 1. The normalized spacial score (nSPS) is 19.0. The molecule has 12 heteroatoms. The topological polar surface area (TPSA) is 123 Å². The molecule has 1 spiro atoms. The third-order valence-corrected chi connectivity index (χ3v) is 7.92. The SMILES string of the molecule is CCCOc1ccc(-c2ccc(C(Oc3cc(N4CCC5(CC4)CN[C@H](C(=O)O)C5)nc(N)n3)C(F)(F)F)cc2)cc1. The van der Waals surface area contributed by atoms with E-state index >= 15 is 0 Å². The highest BCUT2D eigenvalue weighted by atomic mass is 19.4. The van der Waals surface area contributed by atoms with Gasteiger partial charge in [0.05, 0.1) is 6.61 Å². The highest BCUT2D eigenvalue weighted by molar-refractivity contribution is 5.74. The van der Waals surface area contributed by atoms with Gasteiger partial charge in [-0.3, -0.25) is 4.79 Å². The molecule has 0 saturated carbocycles. The fourth-order valence-corrected chi connectivity index (χ4v) is 5.59. The molecule has 1 aromatic heterocycles. The second-order valence-electron chi connectivity index (χ2n) is 10.9. The second-order valence-corrected chi connectivity index (χ2v) is 10.9. The van der Waals surface area contributed by atoms with E-state index in [-0.39, 0.29) is 22.8 Å². The van der Waals surface area contributed by atoms with Crippen LogP contribution in [0.3, 0.4) is 0 Å². The molecule has 2 atom stereocenters. The van der Waals surface area contributed by atoms with Crippen LogP contribution < -0.4 is 25.4 Å². The number of halogens is 3. The van der Waals surface area contributed by atoms with Gasteiger partial charge in [0, 0.05) is 31.3 Å². The Morgan fingerprint density at radius 3 is 2.33 bits per heavy atom. The molecule has 0 bridgehead atoms. The van der Waals surface area contributed by atoms with Gasteiger partial charge in [0.15, 0.2) is 0 Å². The number of ether oxygens (including phenoxy) is 2. The Morgan fingerprint density at radius 2 is 1.76 bits per heavy atom. The summed E-state index contributed by atoms with van der Waals surface area (Å²) in [4.78, 5) is 21.5. The van der Waals surface area contributed by atoms with Crippen LogP contribution in [0.15, 0.2) is 54.6 Å². The number of alkyl halides is 3. The molecule has 9 nitrogen and oxygen atoms in total. The van der Waals surface area contributed by atoms with E-state index in [9.17, 15) is 23.1 Å². The Kier molecular flexibility index (Phi) is 8.44. The minimum Gasteiger partial charge on any atom is -0.494 e. The number of hydrogen-bond acceptors (Lipinski definition) is 8. The molecule has 42 heavy (non-hydrogen) atoms. The number of carbonyl (C=O) groups is 1.